The molecule has 0 aliphatic rings. The number of halogens is 1. The van der Waals surface area contributed by atoms with Crippen molar-refractivity contribution in [1.82, 2.24) is 20.1 Å². The zero-order chi connectivity index (χ0) is 13.7. The van der Waals surface area contributed by atoms with Crippen LogP contribution in [0.2, 0.25) is 0 Å². The maximum atomic E-state index is 4.37. The maximum absolute atomic E-state index is 4.37. The first-order valence-corrected chi connectivity index (χ1v) is 7.33. The summed E-state index contributed by atoms with van der Waals surface area (Å²) in [6, 6.07) is 8.65. The number of aromatic nitrogens is 3. The molecule has 1 unspecified atom stereocenters. The lowest BCUT2D eigenvalue weighted by Gasteiger charge is -2.16. The zero-order valence-corrected chi connectivity index (χ0v) is 12.9. The van der Waals surface area contributed by atoms with Gasteiger partial charge >= 0.3 is 0 Å². The van der Waals surface area contributed by atoms with Gasteiger partial charge in [-0.15, -0.1) is 0 Å². The molecule has 2 aromatic rings. The summed E-state index contributed by atoms with van der Waals surface area (Å²) in [7, 11) is 1.98. The van der Waals surface area contributed by atoms with Crippen LogP contribution in [0.5, 0.6) is 0 Å². The number of nitrogens with zero attached hydrogens (tertiary/aromatic N) is 3. The van der Waals surface area contributed by atoms with Crippen LogP contribution < -0.4 is 5.32 Å². The predicted octanol–water partition coefficient (Wildman–Crippen LogP) is 2.95. The summed E-state index contributed by atoms with van der Waals surface area (Å²) in [5, 5.41) is 7.62. The molecule has 19 heavy (non-hydrogen) atoms. The van der Waals surface area contributed by atoms with Gasteiger partial charge in [0.2, 0.25) is 0 Å². The summed E-state index contributed by atoms with van der Waals surface area (Å²) in [5.41, 5.74) is 1.26. The Morgan fingerprint density at radius 2 is 2.05 bits per heavy atom. The van der Waals surface area contributed by atoms with E-state index >= 15 is 0 Å². The molecule has 0 bridgehead atoms. The zero-order valence-electron chi connectivity index (χ0n) is 11.3. The molecule has 1 heterocycles. The number of aryl methyl sites for hydroxylation is 1. The van der Waals surface area contributed by atoms with Crippen LogP contribution in [0.3, 0.4) is 0 Å². The number of hydrogen-bond donors (Lipinski definition) is 1. The van der Waals surface area contributed by atoms with Gasteiger partial charge in [-0.25, -0.2) is 4.98 Å². The van der Waals surface area contributed by atoms with Crippen LogP contribution in [0.1, 0.15) is 30.8 Å². The molecule has 1 aromatic heterocycles. The minimum Gasteiger partial charge on any atom is -0.313 e. The van der Waals surface area contributed by atoms with E-state index in [9.17, 15) is 0 Å². The molecule has 1 atom stereocenters. The minimum atomic E-state index is 0.257. The Balaban J connectivity index is 2.14. The summed E-state index contributed by atoms with van der Waals surface area (Å²) < 4.78 is 3.09. The van der Waals surface area contributed by atoms with Gasteiger partial charge in [0.15, 0.2) is 0 Å². The molecule has 102 valence electrons. The van der Waals surface area contributed by atoms with Gasteiger partial charge < -0.3 is 5.32 Å². The SMILES string of the molecule is CCCn1ncnc1CC(NC)c1ccc(Br)cc1. The highest BCUT2D eigenvalue weighted by molar-refractivity contribution is 9.10. The Bertz CT molecular complexity index is 506. The molecule has 5 heteroatoms. The lowest BCUT2D eigenvalue weighted by atomic mass is 10.0. The maximum Gasteiger partial charge on any atom is 0.138 e. The fraction of sp³-hybridized carbons (Fsp3) is 0.429. The molecular formula is C14H19BrN4. The monoisotopic (exact) mass is 322 g/mol. The smallest absolute Gasteiger partial charge is 0.138 e. The van der Waals surface area contributed by atoms with E-state index in [0.29, 0.717) is 0 Å². The Kier molecular flexibility index (Phi) is 5.10. The molecule has 0 aliphatic carbocycles. The van der Waals surface area contributed by atoms with Crippen molar-refractivity contribution < 1.29 is 0 Å². The number of hydrogen-bond acceptors (Lipinski definition) is 3. The third kappa shape index (κ3) is 3.64. The number of nitrogens with one attached hydrogen (secondary N) is 1. The molecule has 0 spiro atoms. The van der Waals surface area contributed by atoms with E-state index in [4.69, 9.17) is 0 Å². The normalized spacial score (nSPS) is 12.6. The first kappa shape index (κ1) is 14.2. The van der Waals surface area contributed by atoms with Gasteiger partial charge in [0.1, 0.15) is 12.2 Å². The standard InChI is InChI=1S/C14H19BrN4/c1-3-8-19-14(17-10-18-19)9-13(16-2)11-4-6-12(15)7-5-11/h4-7,10,13,16H,3,8-9H2,1-2H3. The summed E-state index contributed by atoms with van der Waals surface area (Å²) in [6.45, 7) is 3.07. The Morgan fingerprint density at radius 3 is 2.68 bits per heavy atom. The summed E-state index contributed by atoms with van der Waals surface area (Å²) in [4.78, 5) is 4.37. The highest BCUT2D eigenvalue weighted by Crippen LogP contribution is 2.19. The first-order valence-electron chi connectivity index (χ1n) is 6.54. The van der Waals surface area contributed by atoms with Crippen molar-refractivity contribution in [3.8, 4) is 0 Å². The first-order chi connectivity index (χ1) is 9.24. The molecule has 0 fully saturated rings. The van der Waals surface area contributed by atoms with Crippen LogP contribution in [-0.4, -0.2) is 21.8 Å². The van der Waals surface area contributed by atoms with E-state index in [1.165, 1.54) is 5.56 Å². The van der Waals surface area contributed by atoms with Crippen molar-refractivity contribution >= 4 is 15.9 Å². The average Bonchev–Trinajstić information content (AvgIpc) is 2.85. The molecule has 0 aliphatic heterocycles. The molecule has 4 nitrogen and oxygen atoms in total. The minimum absolute atomic E-state index is 0.257. The third-order valence-corrected chi connectivity index (χ3v) is 3.67. The van der Waals surface area contributed by atoms with Crippen LogP contribution in [0.15, 0.2) is 35.1 Å². The molecule has 2 rings (SSSR count). The topological polar surface area (TPSA) is 42.7 Å². The molecule has 1 aromatic carbocycles. The van der Waals surface area contributed by atoms with E-state index in [0.717, 1.165) is 29.7 Å². The molecule has 0 amide bonds. The van der Waals surface area contributed by atoms with Gasteiger partial charge in [-0.1, -0.05) is 35.0 Å². The van der Waals surface area contributed by atoms with Crippen LogP contribution in [-0.2, 0) is 13.0 Å². The lowest BCUT2D eigenvalue weighted by Crippen LogP contribution is -2.21. The van der Waals surface area contributed by atoms with Gasteiger partial charge in [0.25, 0.3) is 0 Å². The predicted molar refractivity (Wildman–Crippen MR) is 80.0 cm³/mol. The van der Waals surface area contributed by atoms with Gasteiger partial charge in [-0.05, 0) is 31.2 Å². The van der Waals surface area contributed by atoms with Crippen LogP contribution in [0, 0.1) is 0 Å². The second kappa shape index (κ2) is 6.82. The van der Waals surface area contributed by atoms with E-state index in [1.807, 2.05) is 11.7 Å². The van der Waals surface area contributed by atoms with Crippen molar-refractivity contribution in [2.45, 2.75) is 32.4 Å². The van der Waals surface area contributed by atoms with E-state index in [-0.39, 0.29) is 6.04 Å². The summed E-state index contributed by atoms with van der Waals surface area (Å²) in [6.07, 6.45) is 3.55. The van der Waals surface area contributed by atoms with Crippen LogP contribution in [0.25, 0.3) is 0 Å². The van der Waals surface area contributed by atoms with Crippen LogP contribution >= 0.6 is 15.9 Å². The summed E-state index contributed by atoms with van der Waals surface area (Å²) in [5.74, 6) is 1.03. The van der Waals surface area contributed by atoms with Crippen molar-refractivity contribution in [3.63, 3.8) is 0 Å². The Labute approximate surface area is 122 Å². The molecule has 0 saturated heterocycles. The lowest BCUT2D eigenvalue weighted by molar-refractivity contribution is 0.517. The van der Waals surface area contributed by atoms with Gasteiger partial charge in [0, 0.05) is 23.5 Å². The molecular weight excluding hydrogens is 304 g/mol. The third-order valence-electron chi connectivity index (χ3n) is 3.14. The Hall–Kier alpha value is -1.20. The summed E-state index contributed by atoms with van der Waals surface area (Å²) >= 11 is 3.46. The van der Waals surface area contributed by atoms with E-state index in [1.54, 1.807) is 6.33 Å². The molecule has 1 N–H and O–H groups in total. The molecule has 0 radical (unpaired) electrons. The van der Waals surface area contributed by atoms with Crippen LogP contribution in [0.4, 0.5) is 0 Å². The van der Waals surface area contributed by atoms with Crippen molar-refractivity contribution in [1.29, 1.82) is 0 Å². The highest BCUT2D eigenvalue weighted by Gasteiger charge is 2.14. The van der Waals surface area contributed by atoms with Crippen molar-refractivity contribution in [3.05, 3.63) is 46.5 Å². The van der Waals surface area contributed by atoms with Crippen molar-refractivity contribution in [2.75, 3.05) is 7.05 Å². The van der Waals surface area contributed by atoms with Crippen molar-refractivity contribution in [2.24, 2.45) is 0 Å². The highest BCUT2D eigenvalue weighted by atomic mass is 79.9. The Morgan fingerprint density at radius 1 is 1.32 bits per heavy atom. The second-order valence-corrected chi connectivity index (χ2v) is 5.41. The fourth-order valence-electron chi connectivity index (χ4n) is 2.11. The largest absolute Gasteiger partial charge is 0.313 e. The number of benzene rings is 1. The van der Waals surface area contributed by atoms with Gasteiger partial charge in [0.05, 0.1) is 0 Å². The number of likely N-dealkylation sites (N-methyl/N-ethyl adjacent to an activating group) is 1. The van der Waals surface area contributed by atoms with E-state index in [2.05, 4.69) is 62.5 Å². The fourth-order valence-corrected chi connectivity index (χ4v) is 2.37. The second-order valence-electron chi connectivity index (χ2n) is 4.50. The van der Waals surface area contributed by atoms with Gasteiger partial charge in [-0.2, -0.15) is 5.10 Å². The van der Waals surface area contributed by atoms with Gasteiger partial charge in [-0.3, -0.25) is 4.68 Å². The average molecular weight is 323 g/mol. The quantitative estimate of drug-likeness (QED) is 0.889. The van der Waals surface area contributed by atoms with E-state index < -0.39 is 0 Å². The number of rotatable bonds is 6. The molecule has 0 saturated carbocycles.